The molecule has 1 aromatic carbocycles. The predicted octanol–water partition coefficient (Wildman–Crippen LogP) is 4.11. The summed E-state index contributed by atoms with van der Waals surface area (Å²) < 4.78 is 43.8. The third kappa shape index (κ3) is 14.6. The van der Waals surface area contributed by atoms with Crippen molar-refractivity contribution in [3.63, 3.8) is 0 Å². The molecule has 0 aliphatic carbocycles. The standard InChI is InChI=1S/C64H68N14O18S5/c1-27(79)44-56(85)74-45(28(2)90-7)59-70-38(26-100-59)55(84)75-48-50-51(96-42-16-64(4,88)52(76(5)6)29(3)95-42)63(87)93-19-30-9-8-10-39-43(30)33(20-92-50)49(78(39)89)62(86)94-21-34(67-53(82)36-25-101-61(48)71-36)58-68-35(23-99-58)46-32(57-69-37(24-98-57)54(83)73-44)15-40(80)47(72-46)60-66-31(22-97-60)17-65-41(81)18-77-11-13-91-14-12-77/h8-10,15,22-27,29,34,42,44,48,50-52,79-80,88-89H,11-14,16-21H2,1-7H3,(H,65,81)(H,67,82)(H,73,83)(H,74,85)(H,75,84)/t27-,29+,34+,42+,44+,48+,50+,51+,52-,64+/m1/s1. The van der Waals surface area contributed by atoms with Gasteiger partial charge in [0.25, 0.3) is 17.7 Å². The topological polar surface area (TPSA) is 414 Å². The number of carbonyl (C=O) groups excluding carboxylic acids is 7. The molecule has 5 amide bonds. The Morgan fingerprint density at radius 3 is 2.27 bits per heavy atom. The number of hydrogen-bond donors (Lipinski definition) is 9. The third-order valence-corrected chi connectivity index (χ3v) is 22.0. The molecule has 0 spiro atoms. The maximum atomic E-state index is 15.2. The van der Waals surface area contributed by atoms with E-state index < -0.39 is 122 Å². The summed E-state index contributed by atoms with van der Waals surface area (Å²) in [6, 6.07) is 0.902. The van der Waals surface area contributed by atoms with Crippen LogP contribution in [0.25, 0.3) is 49.3 Å². The van der Waals surface area contributed by atoms with Crippen LogP contribution in [0.3, 0.4) is 0 Å². The average molecular weight is 1480 g/mol. The van der Waals surface area contributed by atoms with Crippen LogP contribution in [0.1, 0.15) is 120 Å². The zero-order valence-electron chi connectivity index (χ0n) is 55.0. The number of cyclic esters (lactones) is 2. The van der Waals surface area contributed by atoms with Crippen molar-refractivity contribution in [2.75, 3.05) is 60.7 Å². The molecule has 37 heteroatoms. The van der Waals surface area contributed by atoms with Crippen molar-refractivity contribution in [2.45, 2.75) is 114 Å². The summed E-state index contributed by atoms with van der Waals surface area (Å²) in [5.74, 6) is -6.32. The number of nitrogens with one attached hydrogen (secondary N) is 5. The summed E-state index contributed by atoms with van der Waals surface area (Å²) >= 11 is 4.87. The van der Waals surface area contributed by atoms with E-state index in [0.29, 0.717) is 42.3 Å². The number of aliphatic hydroxyl groups is 2. The molecule has 12 heterocycles. The Bertz CT molecular complexity index is 4570. The summed E-state index contributed by atoms with van der Waals surface area (Å²) in [6.45, 7) is 6.84. The number of likely N-dealkylation sites (N-methyl/N-ethyl adjacent to an activating group) is 1. The van der Waals surface area contributed by atoms with Crippen LogP contribution in [0.15, 0.2) is 56.9 Å². The fraction of sp³-hybridized carbons (Fsp3) is 0.422. The fourth-order valence-electron chi connectivity index (χ4n) is 12.7. The predicted molar refractivity (Wildman–Crippen MR) is 363 cm³/mol. The molecule has 9 N–H and O–H groups in total. The van der Waals surface area contributed by atoms with Crippen LogP contribution >= 0.6 is 56.7 Å². The molecule has 7 aromatic heterocycles. The molecule has 2 fully saturated rings. The van der Waals surface area contributed by atoms with Crippen molar-refractivity contribution in [2.24, 2.45) is 0 Å². The molecular formula is C64H68N14O18S5. The van der Waals surface area contributed by atoms with Gasteiger partial charge < -0.3 is 85.2 Å². The number of ether oxygens (including phenoxy) is 7. The highest BCUT2D eigenvalue weighted by Gasteiger charge is 2.50. The minimum absolute atomic E-state index is 0.000341. The van der Waals surface area contributed by atoms with Crippen molar-refractivity contribution >= 4 is 115 Å². The van der Waals surface area contributed by atoms with Gasteiger partial charge in [-0.25, -0.2) is 39.5 Å². The largest absolute Gasteiger partial charge is 0.506 e. The molecule has 10 atom stereocenters. The summed E-state index contributed by atoms with van der Waals surface area (Å²) in [4.78, 5) is 135. The summed E-state index contributed by atoms with van der Waals surface area (Å²) in [5, 5.41) is 69.4. The van der Waals surface area contributed by atoms with E-state index in [1.54, 1.807) is 55.7 Å². The van der Waals surface area contributed by atoms with Gasteiger partial charge in [-0.05, 0) is 59.5 Å². The highest BCUT2D eigenvalue weighted by Crippen LogP contribution is 2.43. The monoisotopic (exact) mass is 1480 g/mol. The highest BCUT2D eigenvalue weighted by molar-refractivity contribution is 7.14. The second-order valence-electron chi connectivity index (χ2n) is 24.8. The van der Waals surface area contributed by atoms with Gasteiger partial charge in [0.1, 0.15) is 114 Å². The van der Waals surface area contributed by atoms with Gasteiger partial charge in [0.15, 0.2) is 18.1 Å². The fourth-order valence-corrected chi connectivity index (χ4v) is 16.9. The van der Waals surface area contributed by atoms with Crippen molar-refractivity contribution in [1.29, 1.82) is 0 Å². The molecule has 5 aliphatic heterocycles. The van der Waals surface area contributed by atoms with Crippen LogP contribution in [0.5, 0.6) is 5.75 Å². The zero-order valence-corrected chi connectivity index (χ0v) is 59.1. The first-order chi connectivity index (χ1) is 48.4. The SMILES string of the molecule is COC(C)=C1NC(=O)[C@H]([C@@H](C)O)NC(=O)c2csc(n2)-c2cc(O)c(-c3nc(CNC(=O)CN4CCOCC4)cs3)nc2-c2csc(n2)[C@@H]2COC(=O)c3c4c5c(cccc5n3O)COC(=O)[C@@H](O[C@H]3C[C@](C)(O)[C@H](N(C)C)[C@H](C)O3)[C@@H](OC4)[C@H](NC(=O)c3csc1n3)c1nc(cs1)C(=O)N2. The summed E-state index contributed by atoms with van der Waals surface area (Å²) in [5.41, 5.74) is -1.53. The maximum Gasteiger partial charge on any atom is 0.358 e. The Morgan fingerprint density at radius 1 is 0.842 bits per heavy atom. The van der Waals surface area contributed by atoms with Crippen molar-refractivity contribution < 1.29 is 87.2 Å². The molecule has 0 unspecified atom stereocenters. The Hall–Kier alpha value is -8.83. The second kappa shape index (κ2) is 29.3. The molecule has 12 bridgehead atoms. The van der Waals surface area contributed by atoms with E-state index in [0.717, 1.165) is 56.7 Å². The number of aliphatic hydroxyl groups excluding tert-OH is 1. The lowest BCUT2D eigenvalue weighted by molar-refractivity contribution is -0.280. The lowest BCUT2D eigenvalue weighted by Crippen LogP contribution is -2.62. The minimum Gasteiger partial charge on any atom is -0.506 e. The van der Waals surface area contributed by atoms with Crippen molar-refractivity contribution in [3.05, 3.63) is 112 Å². The number of amides is 5. The normalized spacial score (nSPS) is 24.9. The van der Waals surface area contributed by atoms with Gasteiger partial charge >= 0.3 is 11.9 Å². The number of hydrogen-bond acceptors (Lipinski definition) is 31. The van der Waals surface area contributed by atoms with E-state index in [2.05, 4.69) is 36.6 Å². The number of carbonyl (C=O) groups is 7. The molecule has 5 aliphatic rings. The molecule has 8 aromatic rings. The average Bonchev–Trinajstić information content (AvgIpc) is 1.64. The highest BCUT2D eigenvalue weighted by atomic mass is 32.1. The summed E-state index contributed by atoms with van der Waals surface area (Å²) in [7, 11) is 4.87. The van der Waals surface area contributed by atoms with Gasteiger partial charge in [0.05, 0.1) is 75.1 Å². The van der Waals surface area contributed by atoms with E-state index in [9.17, 15) is 34.9 Å². The molecule has 13 rings (SSSR count). The van der Waals surface area contributed by atoms with Crippen LogP contribution in [0.4, 0.5) is 0 Å². The number of aromatic nitrogens is 7. The molecular weight excluding hydrogens is 1410 g/mol. The second-order valence-corrected chi connectivity index (χ2v) is 29.2. The van der Waals surface area contributed by atoms with Crippen LogP contribution in [-0.2, 0) is 67.3 Å². The first-order valence-electron chi connectivity index (χ1n) is 31.7. The number of esters is 2. The van der Waals surface area contributed by atoms with Gasteiger partial charge in [-0.1, -0.05) is 12.1 Å². The van der Waals surface area contributed by atoms with Gasteiger partial charge in [-0.15, -0.1) is 56.7 Å². The van der Waals surface area contributed by atoms with Gasteiger partial charge in [-0.2, -0.15) is 4.73 Å². The Labute approximate surface area is 594 Å². The van der Waals surface area contributed by atoms with Crippen LogP contribution in [0.2, 0.25) is 0 Å². The number of morpholine rings is 1. The first-order valence-corrected chi connectivity index (χ1v) is 36.1. The lowest BCUT2D eigenvalue weighted by atomic mass is 9.85. The number of aromatic hydroxyl groups is 1. The van der Waals surface area contributed by atoms with Gasteiger partial charge in [-0.3, -0.25) is 28.9 Å². The Balaban J connectivity index is 0.957. The molecule has 0 radical (unpaired) electrons. The van der Waals surface area contributed by atoms with Crippen molar-refractivity contribution in [1.82, 2.24) is 71.0 Å². The maximum absolute atomic E-state index is 15.2. The number of pyridine rings is 1. The van der Waals surface area contributed by atoms with E-state index in [1.807, 2.05) is 4.90 Å². The number of fused-ring (bicyclic) bond motifs is 15. The first kappa shape index (κ1) is 70.6. The number of benzene rings is 1. The molecule has 532 valence electrons. The molecule has 0 saturated carbocycles. The van der Waals surface area contributed by atoms with E-state index in [4.69, 9.17) is 53.1 Å². The number of nitrogens with zero attached hydrogens (tertiary/aromatic N) is 9. The smallest absolute Gasteiger partial charge is 0.358 e. The van der Waals surface area contributed by atoms with Gasteiger partial charge in [0, 0.05) is 62.9 Å². The Morgan fingerprint density at radius 2 is 1.52 bits per heavy atom. The van der Waals surface area contributed by atoms with E-state index in [-0.39, 0.29) is 124 Å². The third-order valence-electron chi connectivity index (χ3n) is 17.5. The van der Waals surface area contributed by atoms with Crippen LogP contribution in [0, 0.1) is 0 Å². The number of thiazole rings is 5. The van der Waals surface area contributed by atoms with E-state index >= 15 is 19.2 Å². The number of methoxy groups -OCH3 is 1. The Kier molecular flexibility index (Phi) is 20.5. The minimum atomic E-state index is -1.90. The van der Waals surface area contributed by atoms with Crippen LogP contribution in [-0.4, -0.2) is 215 Å². The quantitative estimate of drug-likeness (QED) is 0.0528. The summed E-state index contributed by atoms with van der Waals surface area (Å²) in [6.07, 6.45) is -7.46. The molecule has 101 heavy (non-hydrogen) atoms. The zero-order chi connectivity index (χ0) is 71.3. The van der Waals surface area contributed by atoms with Crippen LogP contribution < -0.4 is 26.6 Å². The van der Waals surface area contributed by atoms with Gasteiger partial charge in [0.2, 0.25) is 11.8 Å². The lowest BCUT2D eigenvalue weighted by Gasteiger charge is -2.48. The number of rotatable bonds is 10. The molecule has 2 saturated heterocycles. The van der Waals surface area contributed by atoms with Crippen molar-refractivity contribution in [3.8, 4) is 38.4 Å². The molecule has 32 nitrogen and oxygen atoms in total. The van der Waals surface area contributed by atoms with E-state index in [1.165, 1.54) is 49.2 Å². The number of allylic oxidation sites excluding steroid dienone is 1.